The Balaban J connectivity index is 1.67. The summed E-state index contributed by atoms with van der Waals surface area (Å²) in [4.78, 5) is 12.4. The highest BCUT2D eigenvalue weighted by Crippen LogP contribution is 2.26. The van der Waals surface area contributed by atoms with Crippen LogP contribution in [-0.2, 0) is 11.3 Å². The van der Waals surface area contributed by atoms with Crippen molar-refractivity contribution in [1.82, 2.24) is 14.8 Å². The van der Waals surface area contributed by atoms with Gasteiger partial charge in [-0.1, -0.05) is 53.7 Å². The summed E-state index contributed by atoms with van der Waals surface area (Å²) < 4.78 is 7.88. The molecule has 0 spiro atoms. The predicted octanol–water partition coefficient (Wildman–Crippen LogP) is 5.30. The molecule has 30 heavy (non-hydrogen) atoms. The predicted molar refractivity (Wildman–Crippen MR) is 121 cm³/mol. The van der Waals surface area contributed by atoms with E-state index in [0.717, 1.165) is 11.3 Å². The number of thioether (sulfide) groups is 1. The van der Waals surface area contributed by atoms with Gasteiger partial charge in [0, 0.05) is 17.3 Å². The van der Waals surface area contributed by atoms with Crippen LogP contribution in [0.1, 0.15) is 24.4 Å². The molecule has 156 valence electrons. The molecule has 0 fully saturated rings. The van der Waals surface area contributed by atoms with E-state index >= 15 is 0 Å². The van der Waals surface area contributed by atoms with E-state index in [1.807, 2.05) is 54.8 Å². The summed E-state index contributed by atoms with van der Waals surface area (Å²) in [5.41, 5.74) is 1.53. The van der Waals surface area contributed by atoms with E-state index in [-0.39, 0.29) is 17.8 Å². The van der Waals surface area contributed by atoms with E-state index in [4.69, 9.17) is 16.3 Å². The molecular weight excluding hydrogens is 420 g/mol. The van der Waals surface area contributed by atoms with Gasteiger partial charge in [0.2, 0.25) is 5.91 Å². The third kappa shape index (κ3) is 5.43. The number of anilines is 1. The SMILES string of the molecule is C=CCn1c(SCC(=O)Nc2cccc(Cl)c2C)nnc1C(C)Oc1ccccc1. The van der Waals surface area contributed by atoms with Crippen LogP contribution in [0.3, 0.4) is 0 Å². The summed E-state index contributed by atoms with van der Waals surface area (Å²) in [6.07, 6.45) is 1.46. The van der Waals surface area contributed by atoms with Gasteiger partial charge in [0.1, 0.15) is 5.75 Å². The second-order valence-corrected chi connectivity index (χ2v) is 7.91. The maximum absolute atomic E-state index is 12.4. The second kappa shape index (κ2) is 10.3. The molecule has 0 aliphatic heterocycles. The van der Waals surface area contributed by atoms with Crippen molar-refractivity contribution in [2.24, 2.45) is 0 Å². The molecule has 2 aromatic carbocycles. The number of benzene rings is 2. The molecule has 0 radical (unpaired) electrons. The minimum atomic E-state index is -0.308. The van der Waals surface area contributed by atoms with Crippen molar-refractivity contribution < 1.29 is 9.53 Å². The molecule has 1 amide bonds. The van der Waals surface area contributed by atoms with Crippen molar-refractivity contribution >= 4 is 35.0 Å². The zero-order chi connectivity index (χ0) is 21.5. The Bertz CT molecular complexity index is 1020. The molecule has 0 bridgehead atoms. The van der Waals surface area contributed by atoms with E-state index in [1.165, 1.54) is 11.8 Å². The summed E-state index contributed by atoms with van der Waals surface area (Å²) in [5, 5.41) is 12.7. The average molecular weight is 443 g/mol. The number of allylic oxidation sites excluding steroid dienone is 1. The van der Waals surface area contributed by atoms with Crippen LogP contribution in [0.15, 0.2) is 66.3 Å². The van der Waals surface area contributed by atoms with E-state index in [2.05, 4.69) is 22.1 Å². The van der Waals surface area contributed by atoms with Gasteiger partial charge >= 0.3 is 0 Å². The molecule has 1 heterocycles. The fourth-order valence-corrected chi connectivity index (χ4v) is 3.75. The van der Waals surface area contributed by atoms with Crippen molar-refractivity contribution in [3.8, 4) is 5.75 Å². The topological polar surface area (TPSA) is 69.0 Å². The molecule has 3 rings (SSSR count). The molecule has 0 aliphatic rings. The quantitative estimate of drug-likeness (QED) is 0.360. The Morgan fingerprint density at radius 1 is 1.27 bits per heavy atom. The van der Waals surface area contributed by atoms with E-state index in [0.29, 0.717) is 28.2 Å². The Morgan fingerprint density at radius 2 is 2.03 bits per heavy atom. The maximum Gasteiger partial charge on any atom is 0.234 e. The van der Waals surface area contributed by atoms with Gasteiger partial charge in [-0.2, -0.15) is 0 Å². The van der Waals surface area contributed by atoms with Gasteiger partial charge in [-0.3, -0.25) is 9.36 Å². The van der Waals surface area contributed by atoms with Crippen LogP contribution in [0.25, 0.3) is 0 Å². The Morgan fingerprint density at radius 3 is 2.77 bits per heavy atom. The molecule has 3 aromatic rings. The first-order valence-electron chi connectivity index (χ1n) is 9.43. The third-order valence-corrected chi connectivity index (χ3v) is 5.73. The molecule has 8 heteroatoms. The van der Waals surface area contributed by atoms with Gasteiger partial charge in [0.05, 0.1) is 5.75 Å². The minimum absolute atomic E-state index is 0.145. The molecule has 0 saturated carbocycles. The number of hydrogen-bond acceptors (Lipinski definition) is 5. The molecule has 0 aliphatic carbocycles. The van der Waals surface area contributed by atoms with E-state index in [1.54, 1.807) is 18.2 Å². The fraction of sp³-hybridized carbons (Fsp3) is 0.227. The van der Waals surface area contributed by atoms with Gasteiger partial charge < -0.3 is 10.1 Å². The second-order valence-electron chi connectivity index (χ2n) is 6.56. The van der Waals surface area contributed by atoms with Crippen LogP contribution in [0.2, 0.25) is 5.02 Å². The molecule has 6 nitrogen and oxygen atoms in total. The fourth-order valence-electron chi connectivity index (χ4n) is 2.82. The molecule has 1 aromatic heterocycles. The first-order valence-corrected chi connectivity index (χ1v) is 10.8. The van der Waals surface area contributed by atoms with Crippen molar-refractivity contribution in [2.45, 2.75) is 31.7 Å². The highest BCUT2D eigenvalue weighted by atomic mass is 35.5. The zero-order valence-electron chi connectivity index (χ0n) is 16.8. The van der Waals surface area contributed by atoms with Crippen molar-refractivity contribution in [3.05, 3.63) is 77.6 Å². The third-order valence-electron chi connectivity index (χ3n) is 4.35. The Hall–Kier alpha value is -2.77. The van der Waals surface area contributed by atoms with Gasteiger partial charge in [0.25, 0.3) is 0 Å². The number of halogens is 1. The van der Waals surface area contributed by atoms with Gasteiger partial charge in [-0.15, -0.1) is 16.8 Å². The molecule has 1 unspecified atom stereocenters. The largest absolute Gasteiger partial charge is 0.483 e. The van der Waals surface area contributed by atoms with Gasteiger partial charge in [-0.05, 0) is 43.7 Å². The molecule has 0 saturated heterocycles. The van der Waals surface area contributed by atoms with Gasteiger partial charge in [0.15, 0.2) is 17.1 Å². The summed E-state index contributed by atoms with van der Waals surface area (Å²) in [5.74, 6) is 1.47. The first kappa shape index (κ1) is 21.9. The van der Waals surface area contributed by atoms with Crippen LogP contribution in [0, 0.1) is 6.92 Å². The normalized spacial score (nSPS) is 11.7. The van der Waals surface area contributed by atoms with Crippen LogP contribution in [0.4, 0.5) is 5.69 Å². The molecule has 1 N–H and O–H groups in total. The lowest BCUT2D eigenvalue weighted by molar-refractivity contribution is -0.113. The highest BCUT2D eigenvalue weighted by molar-refractivity contribution is 7.99. The zero-order valence-corrected chi connectivity index (χ0v) is 18.4. The number of carbonyl (C=O) groups is 1. The summed E-state index contributed by atoms with van der Waals surface area (Å²) in [7, 11) is 0. The number of rotatable bonds is 9. The number of aromatic nitrogens is 3. The van der Waals surface area contributed by atoms with Gasteiger partial charge in [-0.25, -0.2) is 0 Å². The summed E-state index contributed by atoms with van der Waals surface area (Å²) >= 11 is 7.43. The standard InChI is InChI=1S/C22H23ClN4O2S/c1-4-13-27-21(16(3)29-17-9-6-5-7-10-17)25-26-22(27)30-14-20(28)24-19-12-8-11-18(23)15(19)2/h4-12,16H,1,13-14H2,2-3H3,(H,24,28). The van der Waals surface area contributed by atoms with Crippen LogP contribution >= 0.6 is 23.4 Å². The van der Waals surface area contributed by atoms with Crippen LogP contribution < -0.4 is 10.1 Å². The summed E-state index contributed by atoms with van der Waals surface area (Å²) in [6, 6.07) is 15.0. The average Bonchev–Trinajstić information content (AvgIpc) is 3.14. The monoisotopic (exact) mass is 442 g/mol. The lowest BCUT2D eigenvalue weighted by Gasteiger charge is -2.15. The van der Waals surface area contributed by atoms with Crippen molar-refractivity contribution in [3.63, 3.8) is 0 Å². The first-order chi connectivity index (χ1) is 14.5. The number of ether oxygens (including phenoxy) is 1. The lowest BCUT2D eigenvalue weighted by Crippen LogP contribution is -2.16. The molecular formula is C22H23ClN4O2S. The number of para-hydroxylation sites is 1. The Kier molecular flexibility index (Phi) is 7.54. The van der Waals surface area contributed by atoms with Crippen molar-refractivity contribution in [1.29, 1.82) is 0 Å². The van der Waals surface area contributed by atoms with Crippen LogP contribution in [0.5, 0.6) is 5.75 Å². The smallest absolute Gasteiger partial charge is 0.234 e. The van der Waals surface area contributed by atoms with Crippen molar-refractivity contribution in [2.75, 3.05) is 11.1 Å². The van der Waals surface area contributed by atoms with E-state index in [9.17, 15) is 4.79 Å². The highest BCUT2D eigenvalue weighted by Gasteiger charge is 2.20. The number of nitrogens with one attached hydrogen (secondary N) is 1. The summed E-state index contributed by atoms with van der Waals surface area (Å²) in [6.45, 7) is 8.11. The Labute approximate surface area is 185 Å². The van der Waals surface area contributed by atoms with Crippen LogP contribution in [-0.4, -0.2) is 26.4 Å². The number of hydrogen-bond donors (Lipinski definition) is 1. The number of carbonyl (C=O) groups excluding carboxylic acids is 1. The number of amides is 1. The maximum atomic E-state index is 12.4. The minimum Gasteiger partial charge on any atom is -0.483 e. The van der Waals surface area contributed by atoms with E-state index < -0.39 is 0 Å². The lowest BCUT2D eigenvalue weighted by atomic mass is 10.2. The number of nitrogens with zero attached hydrogens (tertiary/aromatic N) is 3. The molecule has 1 atom stereocenters.